The Labute approximate surface area is 183 Å². The number of hydrogen-bond acceptors (Lipinski definition) is 5. The zero-order valence-electron chi connectivity index (χ0n) is 16.1. The Morgan fingerprint density at radius 1 is 1.12 bits per heavy atom. The van der Waals surface area contributed by atoms with Crippen molar-refractivity contribution in [1.82, 2.24) is 19.7 Å². The molecule has 2 aromatic heterocycles. The van der Waals surface area contributed by atoms with Crippen molar-refractivity contribution in [3.63, 3.8) is 0 Å². The maximum absolute atomic E-state index is 12.4. The van der Waals surface area contributed by atoms with Crippen molar-refractivity contribution in [2.75, 3.05) is 5.32 Å². The van der Waals surface area contributed by atoms with Gasteiger partial charge in [-0.1, -0.05) is 24.3 Å². The molecular weight excluding hydrogens is 443 g/mol. The molecule has 0 atom stereocenters. The summed E-state index contributed by atoms with van der Waals surface area (Å²) < 4.78 is 38.7. The molecule has 0 aliphatic carbocycles. The molecule has 0 aliphatic rings. The Morgan fingerprint density at radius 2 is 1.88 bits per heavy atom. The molecule has 0 bridgehead atoms. The van der Waals surface area contributed by atoms with E-state index in [1.54, 1.807) is 24.3 Å². The molecule has 4 rings (SSSR count). The Balaban J connectivity index is 1.52. The van der Waals surface area contributed by atoms with Gasteiger partial charge in [0.05, 0.1) is 23.9 Å². The smallest absolute Gasteiger partial charge is 0.321 e. The third-order valence-electron chi connectivity index (χ3n) is 4.30. The molecule has 0 spiro atoms. The van der Waals surface area contributed by atoms with Gasteiger partial charge in [-0.05, 0) is 47.7 Å². The van der Waals surface area contributed by atoms with Crippen LogP contribution >= 0.6 is 11.8 Å². The number of H-pyrrole nitrogens is 1. The van der Waals surface area contributed by atoms with E-state index in [-0.39, 0.29) is 22.2 Å². The fourth-order valence-electron chi connectivity index (χ4n) is 2.92. The number of aromatic nitrogens is 4. The molecule has 2 heterocycles. The van der Waals surface area contributed by atoms with Crippen LogP contribution in [0.4, 0.5) is 18.9 Å². The molecule has 11 heteroatoms. The number of halogens is 3. The molecule has 162 valence electrons. The largest absolute Gasteiger partial charge is 0.446 e. The predicted molar refractivity (Wildman–Crippen MR) is 116 cm³/mol. The quantitative estimate of drug-likeness (QED) is 0.343. The minimum absolute atomic E-state index is 0.0620. The normalized spacial score (nSPS) is 11.8. The zero-order valence-corrected chi connectivity index (χ0v) is 16.9. The maximum atomic E-state index is 12.4. The number of alkyl halides is 3. The van der Waals surface area contributed by atoms with E-state index in [4.69, 9.17) is 0 Å². The number of anilines is 1. The van der Waals surface area contributed by atoms with Gasteiger partial charge in [0.25, 0.3) is 5.56 Å². The number of nitrogens with zero attached hydrogens (tertiary/aromatic N) is 3. The number of aromatic amines is 1. The predicted octanol–water partition coefficient (Wildman–Crippen LogP) is 4.37. The lowest BCUT2D eigenvalue weighted by atomic mass is 10.2. The number of hydrogen-bond donors (Lipinski definition) is 2. The molecule has 0 aliphatic heterocycles. The fourth-order valence-corrected chi connectivity index (χ4v) is 3.46. The van der Waals surface area contributed by atoms with Gasteiger partial charge in [-0.2, -0.15) is 18.3 Å². The van der Waals surface area contributed by atoms with Crippen LogP contribution < -0.4 is 10.9 Å². The molecule has 32 heavy (non-hydrogen) atoms. The molecule has 1 amide bonds. The maximum Gasteiger partial charge on any atom is 0.446 e. The van der Waals surface area contributed by atoms with E-state index in [9.17, 15) is 22.8 Å². The molecular formula is C21H14F3N5O2S. The molecule has 4 aromatic rings. The van der Waals surface area contributed by atoms with Crippen LogP contribution in [-0.4, -0.2) is 31.2 Å². The van der Waals surface area contributed by atoms with Crippen LogP contribution in [0.3, 0.4) is 0 Å². The molecule has 7 nitrogen and oxygen atoms in total. The summed E-state index contributed by atoms with van der Waals surface area (Å²) in [5, 5.41) is 7.25. The Bertz CT molecular complexity index is 1360. The first-order valence-corrected chi connectivity index (χ1v) is 9.97. The second-order valence-corrected chi connectivity index (χ2v) is 7.62. The number of nitrogens with one attached hydrogen (secondary N) is 2. The van der Waals surface area contributed by atoms with Gasteiger partial charge in [-0.3, -0.25) is 9.59 Å². The van der Waals surface area contributed by atoms with E-state index in [0.29, 0.717) is 28.0 Å². The van der Waals surface area contributed by atoms with Crippen LogP contribution in [0.15, 0.2) is 76.8 Å². The summed E-state index contributed by atoms with van der Waals surface area (Å²) in [6.45, 7) is 0. The van der Waals surface area contributed by atoms with Crippen molar-refractivity contribution in [2.24, 2.45) is 0 Å². The monoisotopic (exact) mass is 457 g/mol. The van der Waals surface area contributed by atoms with Crippen LogP contribution in [0, 0.1) is 0 Å². The number of thioether (sulfide) groups is 1. The Hall–Kier alpha value is -3.86. The summed E-state index contributed by atoms with van der Waals surface area (Å²) in [7, 11) is 0. The van der Waals surface area contributed by atoms with Crippen LogP contribution in [0.2, 0.25) is 0 Å². The lowest BCUT2D eigenvalue weighted by Gasteiger charge is -2.10. The number of para-hydroxylation sites is 2. The van der Waals surface area contributed by atoms with Gasteiger partial charge < -0.3 is 10.3 Å². The number of amides is 1. The first kappa shape index (κ1) is 21.4. The summed E-state index contributed by atoms with van der Waals surface area (Å²) in [5.74, 6) is -0.450. The van der Waals surface area contributed by atoms with Crippen LogP contribution in [0.5, 0.6) is 0 Å². The minimum atomic E-state index is -4.35. The van der Waals surface area contributed by atoms with Crippen LogP contribution in [0.25, 0.3) is 22.8 Å². The second-order valence-electron chi connectivity index (χ2n) is 6.48. The highest BCUT2D eigenvalue weighted by molar-refractivity contribution is 8.00. The number of benzene rings is 2. The summed E-state index contributed by atoms with van der Waals surface area (Å²) in [4.78, 5) is 31.0. The average molecular weight is 457 g/mol. The van der Waals surface area contributed by atoms with Crippen molar-refractivity contribution < 1.29 is 18.0 Å². The van der Waals surface area contributed by atoms with Crippen molar-refractivity contribution in [1.29, 1.82) is 0 Å². The number of carbonyl (C=O) groups is 1. The number of carbonyl (C=O) groups excluding carboxylic acids is 1. The zero-order chi connectivity index (χ0) is 22.7. The summed E-state index contributed by atoms with van der Waals surface area (Å²) >= 11 is -0.201. The highest BCUT2D eigenvalue weighted by atomic mass is 32.2. The first-order chi connectivity index (χ1) is 15.3. The third kappa shape index (κ3) is 4.89. The second kappa shape index (κ2) is 8.71. The van der Waals surface area contributed by atoms with Crippen molar-refractivity contribution in [2.45, 2.75) is 10.4 Å². The minimum Gasteiger partial charge on any atom is -0.321 e. The average Bonchev–Trinajstić information content (AvgIpc) is 3.18. The number of fused-ring (bicyclic) bond motifs is 1. The lowest BCUT2D eigenvalue weighted by molar-refractivity contribution is -0.111. The summed E-state index contributed by atoms with van der Waals surface area (Å²) in [5.41, 5.74) is -2.83. The standard InChI is InChI=1S/C21H14F3N5O2S/c22-21(23,24)32-14-8-5-13(6-9-14)7-10-18(30)28-16-3-1-2-4-17(16)29-19-15(11-27-29)20(31)26-12-25-19/h1-12H,(H,28,30)(H,25,26,31)/b10-7+. The molecule has 0 radical (unpaired) electrons. The molecule has 0 unspecified atom stereocenters. The van der Waals surface area contributed by atoms with Gasteiger partial charge >= 0.3 is 5.51 Å². The SMILES string of the molecule is O=C(/C=C/c1ccc(SC(F)(F)F)cc1)Nc1ccccc1-n1ncc2c(=O)[nH]cnc21. The van der Waals surface area contributed by atoms with Gasteiger partial charge in [0.1, 0.15) is 5.39 Å². The van der Waals surface area contributed by atoms with E-state index in [0.717, 1.165) is 0 Å². The Kier molecular flexibility index (Phi) is 5.82. The van der Waals surface area contributed by atoms with Gasteiger partial charge in [0.15, 0.2) is 5.65 Å². The highest BCUT2D eigenvalue weighted by Gasteiger charge is 2.28. The van der Waals surface area contributed by atoms with E-state index < -0.39 is 11.4 Å². The third-order valence-corrected chi connectivity index (χ3v) is 5.04. The van der Waals surface area contributed by atoms with Gasteiger partial charge in [0.2, 0.25) is 5.91 Å². The first-order valence-electron chi connectivity index (χ1n) is 9.16. The molecule has 0 saturated carbocycles. The molecule has 0 saturated heterocycles. The summed E-state index contributed by atoms with van der Waals surface area (Å²) in [6.07, 6.45) is 5.42. The van der Waals surface area contributed by atoms with Crippen molar-refractivity contribution in [3.8, 4) is 5.69 Å². The molecule has 2 aromatic carbocycles. The van der Waals surface area contributed by atoms with Crippen molar-refractivity contribution >= 4 is 40.5 Å². The van der Waals surface area contributed by atoms with E-state index in [1.165, 1.54) is 53.6 Å². The molecule has 0 fully saturated rings. The molecule has 2 N–H and O–H groups in total. The van der Waals surface area contributed by atoms with E-state index in [1.807, 2.05) is 0 Å². The topological polar surface area (TPSA) is 92.7 Å². The van der Waals surface area contributed by atoms with Gasteiger partial charge in [0, 0.05) is 11.0 Å². The van der Waals surface area contributed by atoms with E-state index >= 15 is 0 Å². The lowest BCUT2D eigenvalue weighted by Crippen LogP contribution is -2.12. The Morgan fingerprint density at radius 3 is 2.62 bits per heavy atom. The van der Waals surface area contributed by atoms with Gasteiger partial charge in [-0.15, -0.1) is 0 Å². The fraction of sp³-hybridized carbons (Fsp3) is 0.0476. The van der Waals surface area contributed by atoms with Crippen LogP contribution in [0.1, 0.15) is 5.56 Å². The van der Waals surface area contributed by atoms with Crippen LogP contribution in [-0.2, 0) is 4.79 Å². The summed E-state index contributed by atoms with van der Waals surface area (Å²) in [6, 6.07) is 12.5. The number of rotatable bonds is 5. The van der Waals surface area contributed by atoms with Gasteiger partial charge in [-0.25, -0.2) is 9.67 Å². The highest BCUT2D eigenvalue weighted by Crippen LogP contribution is 2.36. The van der Waals surface area contributed by atoms with E-state index in [2.05, 4.69) is 20.4 Å². The van der Waals surface area contributed by atoms with Crippen molar-refractivity contribution in [3.05, 3.63) is 83.0 Å².